The molecule has 1 unspecified atom stereocenters. The first-order valence-electron chi connectivity index (χ1n) is 10.8. The minimum absolute atomic E-state index is 0.0872. The molecule has 0 radical (unpaired) electrons. The summed E-state index contributed by atoms with van der Waals surface area (Å²) in [4.78, 5) is 28.4. The summed E-state index contributed by atoms with van der Waals surface area (Å²) in [6, 6.07) is 10.4. The number of carboxylic acids is 1. The molecule has 2 aliphatic rings. The lowest BCUT2D eigenvalue weighted by molar-refractivity contribution is 0.0217. The number of hydrogen-bond donors (Lipinski definition) is 1. The maximum absolute atomic E-state index is 12.6. The summed E-state index contributed by atoms with van der Waals surface area (Å²) in [6.07, 6.45) is 0.989. The fourth-order valence-corrected chi connectivity index (χ4v) is 4.39. The number of amides is 1. The molecule has 1 N–H and O–H groups in total. The predicted octanol–water partition coefficient (Wildman–Crippen LogP) is 3.32. The van der Waals surface area contributed by atoms with Gasteiger partial charge in [0.2, 0.25) is 0 Å². The zero-order valence-corrected chi connectivity index (χ0v) is 18.4. The van der Waals surface area contributed by atoms with Gasteiger partial charge in [-0.2, -0.15) is 5.10 Å². The number of hydrogen-bond acceptors (Lipinski definition) is 5. The van der Waals surface area contributed by atoms with Crippen LogP contribution in [0.15, 0.2) is 30.3 Å². The standard InChI is InChI=1S/C23H30N4O4/c1-23(2,3)31-22(30)26-12-10-18-19(15-26)27(24-20(18)21(28)29)17-9-11-25(14-17)13-16-7-5-4-6-8-16/h4-8,17H,9-15H2,1-3H3,(H,28,29). The lowest BCUT2D eigenvalue weighted by atomic mass is 10.0. The summed E-state index contributed by atoms with van der Waals surface area (Å²) < 4.78 is 7.39. The second-order valence-corrected chi connectivity index (χ2v) is 9.34. The van der Waals surface area contributed by atoms with Gasteiger partial charge in [0.05, 0.1) is 18.3 Å². The fourth-order valence-electron chi connectivity index (χ4n) is 4.39. The van der Waals surface area contributed by atoms with Crippen LogP contribution >= 0.6 is 0 Å². The number of aromatic nitrogens is 2. The summed E-state index contributed by atoms with van der Waals surface area (Å²) in [5.74, 6) is -1.01. The zero-order chi connectivity index (χ0) is 22.2. The number of nitrogens with zero attached hydrogens (tertiary/aromatic N) is 4. The Morgan fingerprint density at radius 2 is 1.94 bits per heavy atom. The Morgan fingerprint density at radius 3 is 2.61 bits per heavy atom. The van der Waals surface area contributed by atoms with E-state index in [1.54, 1.807) is 4.90 Å². The van der Waals surface area contributed by atoms with Gasteiger partial charge < -0.3 is 14.7 Å². The van der Waals surface area contributed by atoms with Gasteiger partial charge in [-0.15, -0.1) is 0 Å². The van der Waals surface area contributed by atoms with E-state index in [2.05, 4.69) is 22.1 Å². The Balaban J connectivity index is 1.54. The van der Waals surface area contributed by atoms with Crippen LogP contribution in [0.2, 0.25) is 0 Å². The van der Waals surface area contributed by atoms with Gasteiger partial charge in [0.15, 0.2) is 5.69 Å². The molecule has 1 atom stereocenters. The second kappa shape index (κ2) is 8.34. The number of carbonyl (C=O) groups excluding carboxylic acids is 1. The van der Waals surface area contributed by atoms with Crippen LogP contribution in [0.1, 0.15) is 60.5 Å². The molecule has 166 valence electrons. The van der Waals surface area contributed by atoms with Gasteiger partial charge in [0, 0.05) is 31.7 Å². The van der Waals surface area contributed by atoms with Gasteiger partial charge in [0.1, 0.15) is 5.60 Å². The minimum Gasteiger partial charge on any atom is -0.476 e. The monoisotopic (exact) mass is 426 g/mol. The van der Waals surface area contributed by atoms with Crippen molar-refractivity contribution in [3.8, 4) is 0 Å². The van der Waals surface area contributed by atoms with Crippen LogP contribution in [0.25, 0.3) is 0 Å². The largest absolute Gasteiger partial charge is 0.476 e. The molecule has 0 bridgehead atoms. The van der Waals surface area contributed by atoms with Crippen molar-refractivity contribution in [3.63, 3.8) is 0 Å². The predicted molar refractivity (Wildman–Crippen MR) is 115 cm³/mol. The van der Waals surface area contributed by atoms with Crippen molar-refractivity contribution >= 4 is 12.1 Å². The number of likely N-dealkylation sites (tertiary alicyclic amines) is 1. The molecule has 0 saturated carbocycles. The van der Waals surface area contributed by atoms with Gasteiger partial charge in [-0.05, 0) is 39.2 Å². The normalized spacial score (nSPS) is 19.3. The van der Waals surface area contributed by atoms with Gasteiger partial charge in [-0.1, -0.05) is 30.3 Å². The average molecular weight is 427 g/mol. The number of carbonyl (C=O) groups is 2. The van der Waals surface area contributed by atoms with Crippen molar-refractivity contribution in [3.05, 3.63) is 52.8 Å². The van der Waals surface area contributed by atoms with Gasteiger partial charge in [0.25, 0.3) is 0 Å². The molecular weight excluding hydrogens is 396 g/mol. The quantitative estimate of drug-likeness (QED) is 0.807. The molecule has 1 aromatic carbocycles. The first-order valence-corrected chi connectivity index (χ1v) is 10.8. The Kier molecular flexibility index (Phi) is 5.75. The van der Waals surface area contributed by atoms with E-state index < -0.39 is 11.6 Å². The van der Waals surface area contributed by atoms with Crippen LogP contribution < -0.4 is 0 Å². The van der Waals surface area contributed by atoms with Crippen LogP contribution in [0.5, 0.6) is 0 Å². The number of ether oxygens (including phenoxy) is 1. The molecule has 1 aromatic heterocycles. The SMILES string of the molecule is CC(C)(C)OC(=O)N1CCc2c(C(=O)O)nn(C3CCN(Cc4ccccc4)C3)c2C1. The zero-order valence-electron chi connectivity index (χ0n) is 18.4. The van der Waals surface area contributed by atoms with E-state index in [0.29, 0.717) is 19.5 Å². The molecule has 3 heterocycles. The Bertz CT molecular complexity index is 964. The number of carboxylic acid groups (broad SMARTS) is 1. The molecule has 0 spiro atoms. The van der Waals surface area contributed by atoms with E-state index in [4.69, 9.17) is 4.74 Å². The highest BCUT2D eigenvalue weighted by Gasteiger charge is 2.35. The van der Waals surface area contributed by atoms with Crippen LogP contribution in [0, 0.1) is 0 Å². The van der Waals surface area contributed by atoms with Crippen molar-refractivity contribution in [2.45, 2.75) is 58.3 Å². The summed E-state index contributed by atoms with van der Waals surface area (Å²) in [5.41, 5.74) is 2.36. The van der Waals surface area contributed by atoms with Crippen LogP contribution in [-0.2, 0) is 24.2 Å². The van der Waals surface area contributed by atoms with Crippen LogP contribution in [0.3, 0.4) is 0 Å². The molecule has 2 aromatic rings. The molecule has 4 rings (SSSR count). The van der Waals surface area contributed by atoms with Crippen molar-refractivity contribution in [2.24, 2.45) is 0 Å². The number of aromatic carboxylic acids is 1. The molecule has 0 aliphatic carbocycles. The van der Waals surface area contributed by atoms with E-state index in [1.807, 2.05) is 43.7 Å². The second-order valence-electron chi connectivity index (χ2n) is 9.34. The van der Waals surface area contributed by atoms with Crippen molar-refractivity contribution in [1.82, 2.24) is 19.6 Å². The lowest BCUT2D eigenvalue weighted by Gasteiger charge is -2.31. The fraction of sp³-hybridized carbons (Fsp3) is 0.522. The smallest absolute Gasteiger partial charge is 0.410 e. The number of fused-ring (bicyclic) bond motifs is 1. The molecule has 1 fully saturated rings. The van der Waals surface area contributed by atoms with Gasteiger partial charge >= 0.3 is 12.1 Å². The summed E-state index contributed by atoms with van der Waals surface area (Å²) >= 11 is 0. The highest BCUT2D eigenvalue weighted by atomic mass is 16.6. The van der Waals surface area contributed by atoms with Crippen molar-refractivity contribution in [1.29, 1.82) is 0 Å². The Morgan fingerprint density at radius 1 is 1.19 bits per heavy atom. The van der Waals surface area contributed by atoms with Crippen molar-refractivity contribution < 1.29 is 19.4 Å². The van der Waals surface area contributed by atoms with E-state index in [-0.39, 0.29) is 17.8 Å². The van der Waals surface area contributed by atoms with E-state index >= 15 is 0 Å². The topological polar surface area (TPSA) is 87.9 Å². The van der Waals surface area contributed by atoms with E-state index in [0.717, 1.165) is 37.3 Å². The van der Waals surface area contributed by atoms with Crippen molar-refractivity contribution in [2.75, 3.05) is 19.6 Å². The number of rotatable bonds is 4. The molecular formula is C23H30N4O4. The van der Waals surface area contributed by atoms with Gasteiger partial charge in [-0.25, -0.2) is 9.59 Å². The van der Waals surface area contributed by atoms with Crippen LogP contribution in [0.4, 0.5) is 4.79 Å². The molecule has 31 heavy (non-hydrogen) atoms. The average Bonchev–Trinajstić information content (AvgIpc) is 3.31. The molecule has 1 saturated heterocycles. The number of benzene rings is 1. The minimum atomic E-state index is -1.01. The molecule has 8 heteroatoms. The molecule has 8 nitrogen and oxygen atoms in total. The third-order valence-corrected chi connectivity index (χ3v) is 5.79. The highest BCUT2D eigenvalue weighted by Crippen LogP contribution is 2.30. The Hall–Kier alpha value is -2.87. The van der Waals surface area contributed by atoms with Crippen LogP contribution in [-0.4, -0.2) is 62.0 Å². The Labute approximate surface area is 182 Å². The lowest BCUT2D eigenvalue weighted by Crippen LogP contribution is -2.40. The first-order chi connectivity index (χ1) is 14.7. The maximum atomic E-state index is 12.6. The molecule has 2 aliphatic heterocycles. The first kappa shape index (κ1) is 21.4. The third-order valence-electron chi connectivity index (χ3n) is 5.79. The maximum Gasteiger partial charge on any atom is 0.410 e. The van der Waals surface area contributed by atoms with E-state index in [9.17, 15) is 14.7 Å². The third kappa shape index (κ3) is 4.74. The summed E-state index contributed by atoms with van der Waals surface area (Å²) in [7, 11) is 0. The highest BCUT2D eigenvalue weighted by molar-refractivity contribution is 5.87. The summed E-state index contributed by atoms with van der Waals surface area (Å²) in [5, 5.41) is 14.2. The summed E-state index contributed by atoms with van der Waals surface area (Å²) in [6.45, 7) is 8.85. The van der Waals surface area contributed by atoms with E-state index in [1.165, 1.54) is 5.56 Å². The van der Waals surface area contributed by atoms with Gasteiger partial charge in [-0.3, -0.25) is 9.58 Å². The molecule has 1 amide bonds.